The number of nitrogens with two attached hydrogens (primary N) is 1. The van der Waals surface area contributed by atoms with Crippen molar-refractivity contribution in [1.82, 2.24) is 4.90 Å². The third-order valence-electron chi connectivity index (χ3n) is 1.71. The van der Waals surface area contributed by atoms with Crippen molar-refractivity contribution in [3.05, 3.63) is 0 Å². The maximum absolute atomic E-state index is 12.0. The monoisotopic (exact) mass is 252 g/mol. The normalized spacial score (nSPS) is 15.6. The molecule has 0 bridgehead atoms. The van der Waals surface area contributed by atoms with E-state index in [1.165, 1.54) is 6.92 Å². The third-order valence-corrected chi connectivity index (χ3v) is 1.71. The second-order valence-corrected chi connectivity index (χ2v) is 3.71. The standard InChI is InChI=1S/C8H14F6N2/c1-6(15)2-3-16(4-7(9,10)11)5-8(12,13)14/h6H,2-5,15H2,1H3. The molecule has 1 unspecified atom stereocenters. The van der Waals surface area contributed by atoms with E-state index >= 15 is 0 Å². The van der Waals surface area contributed by atoms with Gasteiger partial charge in [-0.15, -0.1) is 0 Å². The lowest BCUT2D eigenvalue weighted by Crippen LogP contribution is -2.42. The van der Waals surface area contributed by atoms with Crippen LogP contribution >= 0.6 is 0 Å². The molecule has 0 rings (SSSR count). The minimum atomic E-state index is -4.64. The highest BCUT2D eigenvalue weighted by atomic mass is 19.4. The molecule has 98 valence electrons. The number of alkyl halides is 6. The van der Waals surface area contributed by atoms with Crippen LogP contribution in [0.1, 0.15) is 13.3 Å². The molecule has 1 atom stereocenters. The van der Waals surface area contributed by atoms with E-state index in [0.717, 1.165) is 0 Å². The van der Waals surface area contributed by atoms with E-state index in [-0.39, 0.29) is 13.0 Å². The van der Waals surface area contributed by atoms with Gasteiger partial charge in [0.15, 0.2) is 0 Å². The van der Waals surface area contributed by atoms with Gasteiger partial charge in [-0.3, -0.25) is 4.90 Å². The minimum Gasteiger partial charge on any atom is -0.328 e. The maximum atomic E-state index is 12.0. The molecule has 0 radical (unpaired) electrons. The van der Waals surface area contributed by atoms with Gasteiger partial charge in [-0.05, 0) is 13.3 Å². The van der Waals surface area contributed by atoms with Crippen LogP contribution in [0.4, 0.5) is 26.3 Å². The predicted molar refractivity (Wildman–Crippen MR) is 46.8 cm³/mol. The number of halogens is 6. The van der Waals surface area contributed by atoms with Crippen LogP contribution < -0.4 is 5.73 Å². The lowest BCUT2D eigenvalue weighted by molar-refractivity contribution is -0.180. The quantitative estimate of drug-likeness (QED) is 0.760. The van der Waals surface area contributed by atoms with E-state index < -0.39 is 31.5 Å². The molecule has 0 fully saturated rings. The van der Waals surface area contributed by atoms with Gasteiger partial charge in [0.2, 0.25) is 0 Å². The Morgan fingerprint density at radius 3 is 1.62 bits per heavy atom. The van der Waals surface area contributed by atoms with Crippen LogP contribution in [0.15, 0.2) is 0 Å². The van der Waals surface area contributed by atoms with Gasteiger partial charge in [-0.2, -0.15) is 26.3 Å². The van der Waals surface area contributed by atoms with Crippen LogP contribution in [-0.4, -0.2) is 42.9 Å². The Bertz CT molecular complexity index is 182. The average molecular weight is 252 g/mol. The summed E-state index contributed by atoms with van der Waals surface area (Å²) < 4.78 is 71.8. The summed E-state index contributed by atoms with van der Waals surface area (Å²) >= 11 is 0. The third kappa shape index (κ3) is 10.0. The molecule has 2 N–H and O–H groups in total. The first-order valence-electron chi connectivity index (χ1n) is 4.61. The molecule has 0 aliphatic rings. The molecule has 0 saturated carbocycles. The fourth-order valence-corrected chi connectivity index (χ4v) is 1.11. The summed E-state index contributed by atoms with van der Waals surface area (Å²) in [5, 5.41) is 0. The molecule has 0 aromatic carbocycles. The van der Waals surface area contributed by atoms with Gasteiger partial charge >= 0.3 is 12.4 Å². The van der Waals surface area contributed by atoms with Crippen molar-refractivity contribution in [1.29, 1.82) is 0 Å². The summed E-state index contributed by atoms with van der Waals surface area (Å²) in [4.78, 5) is 0.309. The Balaban J connectivity index is 4.28. The van der Waals surface area contributed by atoms with Crippen molar-refractivity contribution >= 4 is 0 Å². The Kier molecular flexibility index (Phi) is 5.54. The van der Waals surface area contributed by atoms with Crippen molar-refractivity contribution in [3.63, 3.8) is 0 Å². The highest BCUT2D eigenvalue weighted by Gasteiger charge is 2.37. The Hall–Kier alpha value is -0.500. The molecule has 0 aromatic heterocycles. The molecule has 0 saturated heterocycles. The molecule has 2 nitrogen and oxygen atoms in total. The van der Waals surface area contributed by atoms with Crippen LogP contribution in [-0.2, 0) is 0 Å². The van der Waals surface area contributed by atoms with Gasteiger partial charge in [-0.1, -0.05) is 0 Å². The van der Waals surface area contributed by atoms with Crippen molar-refractivity contribution in [2.45, 2.75) is 31.7 Å². The number of rotatable bonds is 5. The van der Waals surface area contributed by atoms with Gasteiger partial charge in [0.1, 0.15) is 0 Å². The van der Waals surface area contributed by atoms with Crippen molar-refractivity contribution in [3.8, 4) is 0 Å². The smallest absolute Gasteiger partial charge is 0.328 e. The molecule has 0 aliphatic carbocycles. The molecule has 8 heteroatoms. The molecule has 16 heavy (non-hydrogen) atoms. The van der Waals surface area contributed by atoms with Crippen LogP contribution in [0.2, 0.25) is 0 Å². The van der Waals surface area contributed by atoms with Gasteiger partial charge in [0, 0.05) is 12.6 Å². The molecule has 0 aromatic rings. The van der Waals surface area contributed by atoms with Crippen molar-refractivity contribution in [2.24, 2.45) is 5.73 Å². The first-order valence-corrected chi connectivity index (χ1v) is 4.61. The fraction of sp³-hybridized carbons (Fsp3) is 1.00. The summed E-state index contributed by atoms with van der Waals surface area (Å²) in [6.45, 7) is -1.94. The highest BCUT2D eigenvalue weighted by Crippen LogP contribution is 2.21. The molecule has 0 heterocycles. The first-order chi connectivity index (χ1) is 6.99. The van der Waals surface area contributed by atoms with E-state index in [1.54, 1.807) is 0 Å². The number of nitrogens with zero attached hydrogens (tertiary/aromatic N) is 1. The van der Waals surface area contributed by atoms with E-state index in [1.807, 2.05) is 0 Å². The van der Waals surface area contributed by atoms with Crippen molar-refractivity contribution < 1.29 is 26.3 Å². The van der Waals surface area contributed by atoms with Gasteiger partial charge in [-0.25, -0.2) is 0 Å². The van der Waals surface area contributed by atoms with Crippen LogP contribution in [0.3, 0.4) is 0 Å². The van der Waals surface area contributed by atoms with E-state index in [0.29, 0.717) is 4.90 Å². The largest absolute Gasteiger partial charge is 0.401 e. The van der Waals surface area contributed by atoms with Crippen LogP contribution in [0, 0.1) is 0 Å². The summed E-state index contributed by atoms with van der Waals surface area (Å²) in [6.07, 6.45) is -9.18. The fourth-order valence-electron chi connectivity index (χ4n) is 1.11. The first kappa shape index (κ1) is 15.5. The van der Waals surface area contributed by atoms with Gasteiger partial charge in [0.25, 0.3) is 0 Å². The van der Waals surface area contributed by atoms with Gasteiger partial charge < -0.3 is 5.73 Å². The molecule has 0 aliphatic heterocycles. The summed E-state index contributed by atoms with van der Waals surface area (Å²) in [7, 11) is 0. The van der Waals surface area contributed by atoms with Gasteiger partial charge in [0.05, 0.1) is 13.1 Å². The van der Waals surface area contributed by atoms with Crippen LogP contribution in [0.25, 0.3) is 0 Å². The van der Waals surface area contributed by atoms with E-state index in [4.69, 9.17) is 5.73 Å². The zero-order chi connectivity index (χ0) is 13.0. The minimum absolute atomic E-state index is 0.0894. The topological polar surface area (TPSA) is 29.3 Å². The Labute approximate surface area is 89.4 Å². The Morgan fingerprint density at radius 1 is 1.00 bits per heavy atom. The van der Waals surface area contributed by atoms with E-state index in [2.05, 4.69) is 0 Å². The number of hydrogen-bond acceptors (Lipinski definition) is 2. The number of hydrogen-bond donors (Lipinski definition) is 1. The van der Waals surface area contributed by atoms with E-state index in [9.17, 15) is 26.3 Å². The zero-order valence-electron chi connectivity index (χ0n) is 8.70. The maximum Gasteiger partial charge on any atom is 0.401 e. The molecule has 0 spiro atoms. The second-order valence-electron chi connectivity index (χ2n) is 3.71. The predicted octanol–water partition coefficient (Wildman–Crippen LogP) is 2.15. The highest BCUT2D eigenvalue weighted by molar-refractivity contribution is 4.69. The molecular weight excluding hydrogens is 238 g/mol. The van der Waals surface area contributed by atoms with Crippen molar-refractivity contribution in [2.75, 3.05) is 19.6 Å². The summed E-state index contributed by atoms with van der Waals surface area (Å²) in [5.41, 5.74) is 5.28. The summed E-state index contributed by atoms with van der Waals surface area (Å²) in [5.74, 6) is 0. The second kappa shape index (κ2) is 5.72. The molecule has 0 amide bonds. The SMILES string of the molecule is CC(N)CCN(CC(F)(F)F)CC(F)(F)F. The molecular formula is C8H14F6N2. The lowest BCUT2D eigenvalue weighted by atomic mass is 10.2. The lowest BCUT2D eigenvalue weighted by Gasteiger charge is -2.25. The zero-order valence-corrected chi connectivity index (χ0v) is 8.70. The average Bonchev–Trinajstić information content (AvgIpc) is 1.93. The van der Waals surface area contributed by atoms with Crippen LogP contribution in [0.5, 0.6) is 0 Å². The Morgan fingerprint density at radius 2 is 1.38 bits per heavy atom. The summed E-state index contributed by atoms with van der Waals surface area (Å²) in [6, 6.07) is -0.427.